The van der Waals surface area contributed by atoms with Crippen molar-refractivity contribution in [3.8, 4) is 0 Å². The van der Waals surface area contributed by atoms with Crippen LogP contribution in [0.1, 0.15) is 11.3 Å². The maximum Gasteiger partial charge on any atom is 0.262 e. The van der Waals surface area contributed by atoms with Gasteiger partial charge in [0, 0.05) is 11.9 Å². The Hall–Kier alpha value is -3.06. The summed E-state index contributed by atoms with van der Waals surface area (Å²) in [6, 6.07) is 16.4. The molecular weight excluding hydrogens is 380 g/mol. The lowest BCUT2D eigenvalue weighted by atomic mass is 10.2. The summed E-state index contributed by atoms with van der Waals surface area (Å²) in [4.78, 5) is 21.9. The minimum absolute atomic E-state index is 0.163. The Kier molecular flexibility index (Phi) is 5.16. The van der Waals surface area contributed by atoms with Gasteiger partial charge in [0.2, 0.25) is 0 Å². The molecule has 0 fully saturated rings. The second kappa shape index (κ2) is 7.90. The van der Waals surface area contributed by atoms with E-state index in [2.05, 4.69) is 9.97 Å². The molecule has 0 aliphatic heterocycles. The van der Waals surface area contributed by atoms with Crippen LogP contribution in [0.4, 0.5) is 8.78 Å². The van der Waals surface area contributed by atoms with Gasteiger partial charge in [0.25, 0.3) is 5.56 Å². The third-order valence-corrected chi connectivity index (χ3v) is 5.27. The maximum atomic E-state index is 13.5. The van der Waals surface area contributed by atoms with Crippen LogP contribution in [0.2, 0.25) is 0 Å². The molecule has 0 radical (unpaired) electrons. The maximum absolute atomic E-state index is 13.5. The largest absolute Gasteiger partial charge is 0.281 e. The summed E-state index contributed by atoms with van der Waals surface area (Å²) in [6.07, 6.45) is 1.67. The molecular formula is C21H15F2N3OS. The van der Waals surface area contributed by atoms with Crippen molar-refractivity contribution in [2.24, 2.45) is 0 Å². The molecule has 0 N–H and O–H groups in total. The molecule has 0 aliphatic carbocycles. The molecule has 7 heteroatoms. The molecule has 140 valence electrons. The predicted octanol–water partition coefficient (Wildman–Crippen LogP) is 4.41. The van der Waals surface area contributed by atoms with Crippen molar-refractivity contribution in [2.75, 3.05) is 0 Å². The second-order valence-corrected chi connectivity index (χ2v) is 7.10. The Labute approximate surface area is 163 Å². The van der Waals surface area contributed by atoms with Crippen LogP contribution in [-0.4, -0.2) is 14.5 Å². The van der Waals surface area contributed by atoms with Crippen LogP contribution in [0.25, 0.3) is 10.9 Å². The smallest absolute Gasteiger partial charge is 0.262 e. The number of hydrogen-bond acceptors (Lipinski definition) is 4. The first-order chi connectivity index (χ1) is 13.6. The van der Waals surface area contributed by atoms with E-state index in [4.69, 9.17) is 0 Å². The number of aromatic nitrogens is 3. The summed E-state index contributed by atoms with van der Waals surface area (Å²) >= 11 is 1.30. The first kappa shape index (κ1) is 18.3. The lowest BCUT2D eigenvalue weighted by Crippen LogP contribution is -2.24. The molecule has 0 bridgehead atoms. The molecule has 4 nitrogen and oxygen atoms in total. The summed E-state index contributed by atoms with van der Waals surface area (Å²) in [7, 11) is 0. The van der Waals surface area contributed by atoms with Crippen LogP contribution in [0.3, 0.4) is 0 Å². The van der Waals surface area contributed by atoms with Gasteiger partial charge in [-0.1, -0.05) is 36.0 Å². The van der Waals surface area contributed by atoms with Gasteiger partial charge in [0.05, 0.1) is 23.1 Å². The van der Waals surface area contributed by atoms with E-state index in [-0.39, 0.29) is 12.1 Å². The van der Waals surface area contributed by atoms with E-state index >= 15 is 0 Å². The van der Waals surface area contributed by atoms with Crippen molar-refractivity contribution in [3.05, 3.63) is 100 Å². The van der Waals surface area contributed by atoms with Gasteiger partial charge in [-0.15, -0.1) is 0 Å². The first-order valence-corrected chi connectivity index (χ1v) is 9.56. The van der Waals surface area contributed by atoms with Gasteiger partial charge in [-0.3, -0.25) is 14.3 Å². The quantitative estimate of drug-likeness (QED) is 0.371. The Balaban J connectivity index is 1.73. The topological polar surface area (TPSA) is 47.8 Å². The van der Waals surface area contributed by atoms with Gasteiger partial charge in [-0.05, 0) is 42.0 Å². The molecule has 0 unspecified atom stereocenters. The van der Waals surface area contributed by atoms with Crippen LogP contribution < -0.4 is 5.56 Å². The Morgan fingerprint density at radius 2 is 1.79 bits per heavy atom. The predicted molar refractivity (Wildman–Crippen MR) is 105 cm³/mol. The van der Waals surface area contributed by atoms with E-state index in [1.54, 1.807) is 29.0 Å². The third-order valence-electron chi connectivity index (χ3n) is 4.22. The van der Waals surface area contributed by atoms with E-state index in [1.807, 2.05) is 24.3 Å². The fourth-order valence-electron chi connectivity index (χ4n) is 2.83. The number of benzene rings is 2. The highest BCUT2D eigenvalue weighted by molar-refractivity contribution is 7.98. The lowest BCUT2D eigenvalue weighted by Gasteiger charge is -2.13. The molecule has 0 saturated carbocycles. The fourth-order valence-corrected chi connectivity index (χ4v) is 3.77. The highest BCUT2D eigenvalue weighted by Crippen LogP contribution is 2.23. The molecule has 28 heavy (non-hydrogen) atoms. The van der Waals surface area contributed by atoms with Crippen molar-refractivity contribution < 1.29 is 8.78 Å². The molecule has 4 aromatic rings. The van der Waals surface area contributed by atoms with Crippen molar-refractivity contribution in [2.45, 2.75) is 17.5 Å². The minimum atomic E-state index is -0.893. The lowest BCUT2D eigenvalue weighted by molar-refractivity contribution is 0.507. The number of para-hydroxylation sites is 1. The number of hydrogen-bond donors (Lipinski definition) is 0. The first-order valence-electron chi connectivity index (χ1n) is 8.58. The van der Waals surface area contributed by atoms with Gasteiger partial charge in [-0.2, -0.15) is 0 Å². The molecule has 0 atom stereocenters. The zero-order valence-electron chi connectivity index (χ0n) is 14.7. The van der Waals surface area contributed by atoms with Gasteiger partial charge >= 0.3 is 0 Å². The zero-order chi connectivity index (χ0) is 19.5. The second-order valence-electron chi connectivity index (χ2n) is 6.16. The number of fused-ring (bicyclic) bond motifs is 1. The van der Waals surface area contributed by atoms with Gasteiger partial charge in [0.15, 0.2) is 16.8 Å². The van der Waals surface area contributed by atoms with E-state index in [9.17, 15) is 13.6 Å². The normalized spacial score (nSPS) is 11.1. The highest BCUT2D eigenvalue weighted by Gasteiger charge is 2.13. The minimum Gasteiger partial charge on any atom is -0.281 e. The van der Waals surface area contributed by atoms with Crippen LogP contribution in [0.15, 0.2) is 76.8 Å². The van der Waals surface area contributed by atoms with E-state index in [0.29, 0.717) is 27.4 Å². The summed E-state index contributed by atoms with van der Waals surface area (Å²) in [5, 5.41) is 1.02. The molecule has 4 rings (SSSR count). The molecule has 0 spiro atoms. The Morgan fingerprint density at radius 1 is 0.964 bits per heavy atom. The summed E-state index contributed by atoms with van der Waals surface area (Å²) < 4.78 is 28.2. The van der Waals surface area contributed by atoms with E-state index in [0.717, 1.165) is 17.8 Å². The van der Waals surface area contributed by atoms with Crippen molar-refractivity contribution in [1.29, 1.82) is 0 Å². The van der Waals surface area contributed by atoms with E-state index in [1.165, 1.54) is 17.8 Å². The Bertz CT molecular complexity index is 1200. The Morgan fingerprint density at radius 3 is 2.57 bits per heavy atom. The fraction of sp³-hybridized carbons (Fsp3) is 0.0952. The average Bonchev–Trinajstić information content (AvgIpc) is 2.72. The number of halogens is 2. The molecule has 0 aliphatic rings. The standard InChI is InChI=1S/C21H15F2N3OS/c22-17-9-8-14(11-18(17)23)13-28-21-25-19-7-2-1-6-16(19)20(27)26(21)12-15-5-3-4-10-24-15/h1-11H,12-13H2. The van der Waals surface area contributed by atoms with Gasteiger partial charge < -0.3 is 0 Å². The van der Waals surface area contributed by atoms with Crippen molar-refractivity contribution in [3.63, 3.8) is 0 Å². The summed E-state index contributed by atoms with van der Waals surface area (Å²) in [5.41, 5.74) is 1.77. The van der Waals surface area contributed by atoms with Crippen LogP contribution >= 0.6 is 11.8 Å². The van der Waals surface area contributed by atoms with Crippen LogP contribution in [0.5, 0.6) is 0 Å². The zero-order valence-corrected chi connectivity index (χ0v) is 15.5. The molecule has 2 aromatic carbocycles. The van der Waals surface area contributed by atoms with E-state index < -0.39 is 11.6 Å². The SMILES string of the molecule is O=c1c2ccccc2nc(SCc2ccc(F)c(F)c2)n1Cc1ccccn1. The van der Waals surface area contributed by atoms with Crippen LogP contribution in [-0.2, 0) is 12.3 Å². The van der Waals surface area contributed by atoms with Crippen molar-refractivity contribution >= 4 is 22.7 Å². The number of thioether (sulfide) groups is 1. The molecule has 0 saturated heterocycles. The molecule has 2 aromatic heterocycles. The number of nitrogens with zero attached hydrogens (tertiary/aromatic N) is 3. The monoisotopic (exact) mass is 395 g/mol. The van der Waals surface area contributed by atoms with Crippen molar-refractivity contribution in [1.82, 2.24) is 14.5 Å². The third kappa shape index (κ3) is 3.80. The van der Waals surface area contributed by atoms with Gasteiger partial charge in [-0.25, -0.2) is 13.8 Å². The highest BCUT2D eigenvalue weighted by atomic mass is 32.2. The molecule has 2 heterocycles. The van der Waals surface area contributed by atoms with Gasteiger partial charge in [0.1, 0.15) is 0 Å². The average molecular weight is 395 g/mol. The number of rotatable bonds is 5. The number of pyridine rings is 1. The molecule has 0 amide bonds. The summed E-state index contributed by atoms with van der Waals surface area (Å²) in [6.45, 7) is 0.275. The van der Waals surface area contributed by atoms with Crippen LogP contribution in [0, 0.1) is 11.6 Å². The summed E-state index contributed by atoms with van der Waals surface area (Å²) in [5.74, 6) is -1.43.